The quantitative estimate of drug-likeness (QED) is 0.239. The van der Waals surface area contributed by atoms with Gasteiger partial charge < -0.3 is 19.8 Å². The van der Waals surface area contributed by atoms with Crippen LogP contribution in [0.5, 0.6) is 11.5 Å². The van der Waals surface area contributed by atoms with E-state index >= 15 is 0 Å². The summed E-state index contributed by atoms with van der Waals surface area (Å²) in [5, 5.41) is 3.63. The Morgan fingerprint density at radius 2 is 1.60 bits per heavy atom. The molecule has 0 radical (unpaired) electrons. The second kappa shape index (κ2) is 12.4. The Bertz CT molecular complexity index is 1620. The SMILES string of the molecule is O=C(NCCN1CCOCC1)c1cc2c(Oc3ccc(CC(=O)C4(C(=O)Cc5ccc(F)cc5)CC4)cc3)ccnc2[nH]1. The van der Waals surface area contributed by atoms with Gasteiger partial charge in [0.25, 0.3) is 5.91 Å². The normalized spacial score (nSPS) is 16.1. The summed E-state index contributed by atoms with van der Waals surface area (Å²) < 4.78 is 24.7. The summed E-state index contributed by atoms with van der Waals surface area (Å²) in [5.74, 6) is 0.339. The maximum absolute atomic E-state index is 13.2. The van der Waals surface area contributed by atoms with Crippen LogP contribution in [0.2, 0.25) is 0 Å². The molecule has 2 aromatic carbocycles. The van der Waals surface area contributed by atoms with E-state index in [2.05, 4.69) is 20.2 Å². The second-order valence-electron chi connectivity index (χ2n) is 11.1. The van der Waals surface area contributed by atoms with Gasteiger partial charge in [-0.15, -0.1) is 0 Å². The Morgan fingerprint density at radius 3 is 2.26 bits per heavy atom. The summed E-state index contributed by atoms with van der Waals surface area (Å²) in [7, 11) is 0. The van der Waals surface area contributed by atoms with E-state index in [0.29, 0.717) is 66.4 Å². The molecule has 1 saturated heterocycles. The number of carbonyl (C=O) groups is 3. The number of H-pyrrole nitrogens is 1. The van der Waals surface area contributed by atoms with Crippen molar-refractivity contribution >= 4 is 28.5 Å². The molecule has 2 N–H and O–H groups in total. The molecule has 10 heteroatoms. The van der Waals surface area contributed by atoms with Crippen molar-refractivity contribution in [2.75, 3.05) is 39.4 Å². The first-order chi connectivity index (χ1) is 20.9. The zero-order chi connectivity index (χ0) is 29.8. The van der Waals surface area contributed by atoms with Crippen LogP contribution < -0.4 is 10.1 Å². The maximum Gasteiger partial charge on any atom is 0.267 e. The molecule has 9 nitrogen and oxygen atoms in total. The lowest BCUT2D eigenvalue weighted by Gasteiger charge is -2.26. The highest BCUT2D eigenvalue weighted by molar-refractivity contribution is 6.11. The van der Waals surface area contributed by atoms with Crippen molar-refractivity contribution in [3.8, 4) is 11.5 Å². The largest absolute Gasteiger partial charge is 0.457 e. The lowest BCUT2D eigenvalue weighted by atomic mass is 9.88. The molecule has 222 valence electrons. The van der Waals surface area contributed by atoms with Gasteiger partial charge in [-0.3, -0.25) is 19.3 Å². The fourth-order valence-corrected chi connectivity index (χ4v) is 5.41. The number of pyridine rings is 1. The molecule has 0 bridgehead atoms. The van der Waals surface area contributed by atoms with Gasteiger partial charge in [0.15, 0.2) is 11.6 Å². The number of aromatic nitrogens is 2. The van der Waals surface area contributed by atoms with Crippen LogP contribution in [0.4, 0.5) is 4.39 Å². The monoisotopic (exact) mass is 584 g/mol. The van der Waals surface area contributed by atoms with Crippen LogP contribution >= 0.6 is 0 Å². The topological polar surface area (TPSA) is 114 Å². The highest BCUT2D eigenvalue weighted by Gasteiger charge is 2.54. The molecule has 1 aliphatic heterocycles. The number of Topliss-reactive ketones (excluding diaryl/α,β-unsaturated/α-hetero) is 2. The van der Waals surface area contributed by atoms with E-state index in [1.165, 1.54) is 12.1 Å². The van der Waals surface area contributed by atoms with E-state index in [0.717, 1.165) is 25.2 Å². The third-order valence-electron chi connectivity index (χ3n) is 8.17. The molecule has 2 aromatic heterocycles. The molecule has 2 fully saturated rings. The lowest BCUT2D eigenvalue weighted by Crippen LogP contribution is -2.41. The van der Waals surface area contributed by atoms with Crippen molar-refractivity contribution < 1.29 is 28.2 Å². The predicted molar refractivity (Wildman–Crippen MR) is 158 cm³/mol. The fourth-order valence-electron chi connectivity index (χ4n) is 5.41. The Kier molecular flexibility index (Phi) is 8.31. The van der Waals surface area contributed by atoms with Gasteiger partial charge in [-0.2, -0.15) is 0 Å². The number of benzene rings is 2. The van der Waals surface area contributed by atoms with Gasteiger partial charge >= 0.3 is 0 Å². The van der Waals surface area contributed by atoms with Gasteiger partial charge in [0, 0.05) is 45.2 Å². The highest BCUT2D eigenvalue weighted by Crippen LogP contribution is 2.48. The minimum absolute atomic E-state index is 0.0906. The van der Waals surface area contributed by atoms with Gasteiger partial charge in [-0.25, -0.2) is 9.37 Å². The zero-order valence-corrected chi connectivity index (χ0v) is 23.7. The smallest absolute Gasteiger partial charge is 0.267 e. The molecular formula is C33H33FN4O5. The van der Waals surface area contributed by atoms with Crippen molar-refractivity contribution in [3.63, 3.8) is 0 Å². The fraction of sp³-hybridized carbons (Fsp3) is 0.333. The summed E-state index contributed by atoms with van der Waals surface area (Å²) in [6.07, 6.45) is 2.98. The predicted octanol–water partition coefficient (Wildman–Crippen LogP) is 4.26. The van der Waals surface area contributed by atoms with Gasteiger partial charge in [0.2, 0.25) is 0 Å². The van der Waals surface area contributed by atoms with E-state index in [1.54, 1.807) is 42.6 Å². The second-order valence-corrected chi connectivity index (χ2v) is 11.1. The third kappa shape index (κ3) is 6.65. The first-order valence-corrected chi connectivity index (χ1v) is 14.5. The molecule has 2 aliphatic rings. The maximum atomic E-state index is 13.2. The van der Waals surface area contributed by atoms with Crippen LogP contribution in [0.1, 0.15) is 34.5 Å². The molecule has 3 heterocycles. The molecule has 43 heavy (non-hydrogen) atoms. The number of nitrogens with zero attached hydrogens (tertiary/aromatic N) is 2. The number of ketones is 2. The number of aromatic amines is 1. The number of carbonyl (C=O) groups excluding carboxylic acids is 3. The molecule has 4 aromatic rings. The van der Waals surface area contributed by atoms with Crippen LogP contribution in [-0.4, -0.2) is 71.7 Å². The number of nitrogens with one attached hydrogen (secondary N) is 2. The average Bonchev–Trinajstić information content (AvgIpc) is 3.72. The zero-order valence-electron chi connectivity index (χ0n) is 23.7. The van der Waals surface area contributed by atoms with Crippen molar-refractivity contribution in [1.29, 1.82) is 0 Å². The molecule has 1 saturated carbocycles. The lowest BCUT2D eigenvalue weighted by molar-refractivity contribution is -0.133. The van der Waals surface area contributed by atoms with Gasteiger partial charge in [0.05, 0.1) is 24.0 Å². The van der Waals surface area contributed by atoms with Crippen LogP contribution in [0, 0.1) is 11.2 Å². The molecule has 0 atom stereocenters. The minimum atomic E-state index is -0.938. The van der Waals surface area contributed by atoms with Crippen LogP contribution in [0.3, 0.4) is 0 Å². The third-order valence-corrected chi connectivity index (χ3v) is 8.17. The standard InChI is InChI=1S/C33H33FN4O5/c34-24-5-1-22(2-6-24)19-29(39)33(10-11-33)30(40)20-23-3-7-25(8-4-23)43-28-9-12-35-31-26(28)21-27(37-31)32(41)36-13-14-38-15-17-42-18-16-38/h1-9,12,21H,10-11,13-20H2,(H,35,37)(H,36,41). The van der Waals surface area contributed by atoms with Crippen molar-refractivity contribution in [1.82, 2.24) is 20.2 Å². The number of ether oxygens (including phenoxy) is 2. The molecular weight excluding hydrogens is 551 g/mol. The molecule has 1 amide bonds. The van der Waals surface area contributed by atoms with E-state index in [9.17, 15) is 18.8 Å². The minimum Gasteiger partial charge on any atom is -0.457 e. The average molecular weight is 585 g/mol. The van der Waals surface area contributed by atoms with Crippen molar-refractivity contribution in [3.05, 3.63) is 89.5 Å². The first kappa shape index (κ1) is 28.7. The molecule has 6 rings (SSSR count). The number of hydrogen-bond acceptors (Lipinski definition) is 7. The Hall–Kier alpha value is -4.41. The summed E-state index contributed by atoms with van der Waals surface area (Å²) in [6, 6.07) is 16.5. The summed E-state index contributed by atoms with van der Waals surface area (Å²) in [5.41, 5.74) is 1.50. The van der Waals surface area contributed by atoms with E-state index in [4.69, 9.17) is 9.47 Å². The van der Waals surface area contributed by atoms with E-state index < -0.39 is 5.41 Å². The van der Waals surface area contributed by atoms with E-state index in [-0.39, 0.29) is 36.1 Å². The summed E-state index contributed by atoms with van der Waals surface area (Å²) >= 11 is 0. The number of amides is 1. The Morgan fingerprint density at radius 1 is 0.953 bits per heavy atom. The van der Waals surface area contributed by atoms with Gasteiger partial charge in [-0.1, -0.05) is 24.3 Å². The first-order valence-electron chi connectivity index (χ1n) is 14.5. The Balaban J connectivity index is 1.05. The van der Waals surface area contributed by atoms with Crippen molar-refractivity contribution in [2.24, 2.45) is 5.41 Å². The summed E-state index contributed by atoms with van der Waals surface area (Å²) in [4.78, 5) is 48.5. The van der Waals surface area contributed by atoms with Crippen molar-refractivity contribution in [2.45, 2.75) is 25.7 Å². The van der Waals surface area contributed by atoms with Gasteiger partial charge in [-0.05, 0) is 60.4 Å². The van der Waals surface area contributed by atoms with Crippen LogP contribution in [0.15, 0.2) is 66.9 Å². The van der Waals surface area contributed by atoms with Crippen LogP contribution in [0.25, 0.3) is 11.0 Å². The van der Waals surface area contributed by atoms with Gasteiger partial charge in [0.1, 0.15) is 28.7 Å². The van der Waals surface area contributed by atoms with Crippen LogP contribution in [-0.2, 0) is 27.2 Å². The number of rotatable bonds is 12. The molecule has 0 unspecified atom stereocenters. The number of halogens is 1. The number of hydrogen-bond donors (Lipinski definition) is 2. The Labute approximate surface area is 248 Å². The van der Waals surface area contributed by atoms with E-state index in [1.807, 2.05) is 12.1 Å². The molecule has 0 spiro atoms. The summed E-state index contributed by atoms with van der Waals surface area (Å²) in [6.45, 7) is 4.45. The number of morpholine rings is 1. The number of fused-ring (bicyclic) bond motifs is 1. The molecule has 1 aliphatic carbocycles. The highest BCUT2D eigenvalue weighted by atomic mass is 19.1.